The lowest BCUT2D eigenvalue weighted by atomic mass is 10.2. The highest BCUT2D eigenvalue weighted by Crippen LogP contribution is 2.26. The summed E-state index contributed by atoms with van der Waals surface area (Å²) < 4.78 is 7.45. The summed E-state index contributed by atoms with van der Waals surface area (Å²) >= 11 is 0. The number of benzene rings is 1. The highest BCUT2D eigenvalue weighted by molar-refractivity contribution is 6.08. The van der Waals surface area contributed by atoms with Gasteiger partial charge in [-0.25, -0.2) is 14.5 Å². The monoisotopic (exact) mass is 384 g/mol. The molecule has 1 N–H and O–H groups in total. The molecule has 0 saturated heterocycles. The van der Waals surface area contributed by atoms with Crippen molar-refractivity contribution in [3.05, 3.63) is 71.9 Å². The van der Waals surface area contributed by atoms with Crippen molar-refractivity contribution in [1.29, 1.82) is 0 Å². The van der Waals surface area contributed by atoms with E-state index in [1.807, 2.05) is 32.0 Å². The topological polar surface area (TPSA) is 98.2 Å². The minimum Gasteiger partial charge on any atom is -0.436 e. The average Bonchev–Trinajstić information content (AvgIpc) is 3.32. The molecule has 0 unspecified atom stereocenters. The number of carbonyl (C=O) groups excluding carboxylic acids is 1. The molecule has 1 aromatic carbocycles. The van der Waals surface area contributed by atoms with Gasteiger partial charge in [-0.05, 0) is 50.2 Å². The number of rotatable bonds is 3. The highest BCUT2D eigenvalue weighted by Gasteiger charge is 2.16. The molecule has 0 saturated carbocycles. The van der Waals surface area contributed by atoms with Gasteiger partial charge >= 0.3 is 0 Å². The van der Waals surface area contributed by atoms with Gasteiger partial charge in [0, 0.05) is 35.0 Å². The molecular formula is C21H16N6O2. The van der Waals surface area contributed by atoms with E-state index < -0.39 is 0 Å². The van der Waals surface area contributed by atoms with Crippen molar-refractivity contribution in [2.45, 2.75) is 13.8 Å². The summed E-state index contributed by atoms with van der Waals surface area (Å²) in [6, 6.07) is 10.9. The quantitative estimate of drug-likeness (QED) is 0.508. The largest absolute Gasteiger partial charge is 0.436 e. The number of carbonyl (C=O) groups is 1. The predicted octanol–water partition coefficient (Wildman–Crippen LogP) is 3.80. The molecule has 0 bridgehead atoms. The number of aryl methyl sites for hydroxylation is 2. The van der Waals surface area contributed by atoms with Crippen LogP contribution in [0.25, 0.3) is 28.2 Å². The molecule has 142 valence electrons. The Hall–Kier alpha value is -4.07. The van der Waals surface area contributed by atoms with E-state index in [0.717, 1.165) is 17.0 Å². The number of hydrogen-bond acceptors (Lipinski definition) is 6. The van der Waals surface area contributed by atoms with Crippen molar-refractivity contribution in [2.75, 3.05) is 5.32 Å². The Balaban J connectivity index is 1.47. The lowest BCUT2D eigenvalue weighted by Gasteiger charge is -2.05. The SMILES string of the molecule is Cc1cc(C)n2ncc(C(=O)Nc3ccc4oc(-c5ccncc5)nc4c3)c2n1. The average molecular weight is 384 g/mol. The third kappa shape index (κ3) is 3.00. The first kappa shape index (κ1) is 17.1. The number of pyridine rings is 1. The summed E-state index contributed by atoms with van der Waals surface area (Å²) in [4.78, 5) is 25.8. The Labute approximate surface area is 165 Å². The van der Waals surface area contributed by atoms with Gasteiger partial charge in [0.2, 0.25) is 5.89 Å². The molecule has 0 aliphatic carbocycles. The third-order valence-electron chi connectivity index (χ3n) is 4.60. The Bertz CT molecular complexity index is 1370. The second kappa shape index (κ2) is 6.52. The van der Waals surface area contributed by atoms with Crippen molar-refractivity contribution in [1.82, 2.24) is 24.6 Å². The van der Waals surface area contributed by atoms with Crippen molar-refractivity contribution in [2.24, 2.45) is 0 Å². The van der Waals surface area contributed by atoms with Crippen LogP contribution in [-0.4, -0.2) is 30.5 Å². The summed E-state index contributed by atoms with van der Waals surface area (Å²) in [7, 11) is 0. The van der Waals surface area contributed by atoms with Crippen LogP contribution in [0, 0.1) is 13.8 Å². The third-order valence-corrected chi connectivity index (χ3v) is 4.60. The predicted molar refractivity (Wildman–Crippen MR) is 108 cm³/mol. The van der Waals surface area contributed by atoms with E-state index in [1.165, 1.54) is 6.20 Å². The molecule has 8 nitrogen and oxygen atoms in total. The normalized spacial score (nSPS) is 11.2. The van der Waals surface area contributed by atoms with Crippen molar-refractivity contribution < 1.29 is 9.21 Å². The maximum absolute atomic E-state index is 12.8. The van der Waals surface area contributed by atoms with Crippen LogP contribution in [-0.2, 0) is 0 Å². The Kier molecular flexibility index (Phi) is 3.83. The van der Waals surface area contributed by atoms with Crippen LogP contribution in [0.3, 0.4) is 0 Å². The summed E-state index contributed by atoms with van der Waals surface area (Å²) in [5, 5.41) is 7.16. The van der Waals surface area contributed by atoms with Gasteiger partial charge in [0.15, 0.2) is 11.2 Å². The van der Waals surface area contributed by atoms with Crippen LogP contribution in [0.15, 0.2) is 59.4 Å². The van der Waals surface area contributed by atoms with Crippen LogP contribution in [0.5, 0.6) is 0 Å². The lowest BCUT2D eigenvalue weighted by molar-refractivity contribution is 0.102. The molecule has 0 aliphatic heterocycles. The molecule has 0 aliphatic rings. The van der Waals surface area contributed by atoms with Crippen LogP contribution in [0.2, 0.25) is 0 Å². The van der Waals surface area contributed by atoms with Gasteiger partial charge in [-0.1, -0.05) is 0 Å². The molecule has 0 fully saturated rings. The maximum atomic E-state index is 12.8. The van der Waals surface area contributed by atoms with E-state index in [4.69, 9.17) is 4.42 Å². The van der Waals surface area contributed by atoms with Crippen molar-refractivity contribution in [3.8, 4) is 11.5 Å². The first-order valence-corrected chi connectivity index (χ1v) is 9.03. The molecule has 5 aromatic rings. The van der Waals surface area contributed by atoms with Crippen LogP contribution < -0.4 is 5.32 Å². The fraction of sp³-hybridized carbons (Fsp3) is 0.0952. The van der Waals surface area contributed by atoms with E-state index in [9.17, 15) is 4.79 Å². The van der Waals surface area contributed by atoms with Crippen LogP contribution >= 0.6 is 0 Å². The molecule has 4 heterocycles. The van der Waals surface area contributed by atoms with Gasteiger partial charge in [-0.3, -0.25) is 9.78 Å². The zero-order valence-electron chi connectivity index (χ0n) is 15.7. The molecule has 29 heavy (non-hydrogen) atoms. The number of nitrogens with zero attached hydrogens (tertiary/aromatic N) is 5. The summed E-state index contributed by atoms with van der Waals surface area (Å²) in [6.07, 6.45) is 4.90. The van der Waals surface area contributed by atoms with Gasteiger partial charge in [-0.15, -0.1) is 0 Å². The Morgan fingerprint density at radius 3 is 2.72 bits per heavy atom. The van der Waals surface area contributed by atoms with E-state index in [0.29, 0.717) is 33.9 Å². The minimum absolute atomic E-state index is 0.283. The van der Waals surface area contributed by atoms with E-state index in [2.05, 4.69) is 25.4 Å². The van der Waals surface area contributed by atoms with Crippen LogP contribution in [0.1, 0.15) is 21.7 Å². The van der Waals surface area contributed by atoms with E-state index in [1.54, 1.807) is 35.1 Å². The number of amides is 1. The van der Waals surface area contributed by atoms with Gasteiger partial charge in [0.1, 0.15) is 11.1 Å². The second-order valence-corrected chi connectivity index (χ2v) is 6.72. The highest BCUT2D eigenvalue weighted by atomic mass is 16.3. The number of nitrogens with one attached hydrogen (secondary N) is 1. The van der Waals surface area contributed by atoms with Gasteiger partial charge < -0.3 is 9.73 Å². The molecule has 8 heteroatoms. The van der Waals surface area contributed by atoms with Gasteiger partial charge in [0.25, 0.3) is 5.91 Å². The second-order valence-electron chi connectivity index (χ2n) is 6.72. The summed E-state index contributed by atoms with van der Waals surface area (Å²) in [6.45, 7) is 3.82. The Morgan fingerprint density at radius 2 is 1.90 bits per heavy atom. The molecule has 0 spiro atoms. The maximum Gasteiger partial charge on any atom is 0.261 e. The zero-order chi connectivity index (χ0) is 20.0. The molecule has 0 radical (unpaired) electrons. The van der Waals surface area contributed by atoms with Crippen molar-refractivity contribution in [3.63, 3.8) is 0 Å². The standard InChI is InChI=1S/C21H16N6O2/c1-12-9-13(2)27-19(24-12)16(11-23-27)20(28)25-15-3-4-18-17(10-15)26-21(29-18)14-5-7-22-8-6-14/h3-11H,1-2H3,(H,25,28). The zero-order valence-corrected chi connectivity index (χ0v) is 15.7. The molecule has 5 rings (SSSR count). The fourth-order valence-corrected chi connectivity index (χ4v) is 3.25. The van der Waals surface area contributed by atoms with Gasteiger partial charge in [-0.2, -0.15) is 5.10 Å². The van der Waals surface area contributed by atoms with E-state index >= 15 is 0 Å². The first-order valence-electron chi connectivity index (χ1n) is 9.03. The van der Waals surface area contributed by atoms with Crippen LogP contribution in [0.4, 0.5) is 5.69 Å². The lowest BCUT2D eigenvalue weighted by Crippen LogP contribution is -2.12. The number of fused-ring (bicyclic) bond motifs is 2. The first-order chi connectivity index (χ1) is 14.1. The minimum atomic E-state index is -0.283. The molecule has 1 amide bonds. The smallest absolute Gasteiger partial charge is 0.261 e. The van der Waals surface area contributed by atoms with Gasteiger partial charge in [0.05, 0.1) is 6.20 Å². The fourth-order valence-electron chi connectivity index (χ4n) is 3.25. The summed E-state index contributed by atoms with van der Waals surface area (Å²) in [5.41, 5.74) is 5.43. The summed E-state index contributed by atoms with van der Waals surface area (Å²) in [5.74, 6) is 0.221. The number of oxazole rings is 1. The van der Waals surface area contributed by atoms with Crippen molar-refractivity contribution >= 4 is 28.3 Å². The number of hydrogen-bond donors (Lipinski definition) is 1. The number of anilines is 1. The number of aromatic nitrogens is 5. The molecule has 4 aromatic heterocycles. The molecular weight excluding hydrogens is 368 g/mol. The molecule has 0 atom stereocenters. The van der Waals surface area contributed by atoms with E-state index in [-0.39, 0.29) is 5.91 Å². The Morgan fingerprint density at radius 1 is 1.07 bits per heavy atom.